The zero-order valence-electron chi connectivity index (χ0n) is 11.0. The minimum atomic E-state index is -5.55. The lowest BCUT2D eigenvalue weighted by atomic mass is 10.2. The first-order valence-electron chi connectivity index (χ1n) is 5.80. The minimum absolute atomic E-state index is 0.371. The fourth-order valence-electron chi connectivity index (χ4n) is 1.18. The molecule has 0 saturated carbocycles. The van der Waals surface area contributed by atoms with Gasteiger partial charge in [-0.3, -0.25) is 0 Å². The van der Waals surface area contributed by atoms with Crippen LogP contribution < -0.4 is 4.18 Å². The summed E-state index contributed by atoms with van der Waals surface area (Å²) in [5, 5.41) is 0. The van der Waals surface area contributed by atoms with Crippen molar-refractivity contribution >= 4 is 10.1 Å². The molecule has 0 unspecified atom stereocenters. The van der Waals surface area contributed by atoms with Gasteiger partial charge in [0.15, 0.2) is 0 Å². The summed E-state index contributed by atoms with van der Waals surface area (Å²) in [5.41, 5.74) is -4.08. The summed E-state index contributed by atoms with van der Waals surface area (Å²) in [5.74, 6) is -0.371. The van der Waals surface area contributed by atoms with Gasteiger partial charge in [-0.2, -0.15) is 21.6 Å². The quantitative estimate of drug-likeness (QED) is 0.623. The molecule has 3 nitrogen and oxygen atoms in total. The minimum Gasteiger partial charge on any atom is -0.376 e. The van der Waals surface area contributed by atoms with Crippen LogP contribution in [0.2, 0.25) is 0 Å². The van der Waals surface area contributed by atoms with E-state index in [0.717, 1.165) is 12.1 Å². The van der Waals surface area contributed by atoms with Crippen LogP contribution in [0.4, 0.5) is 13.2 Å². The summed E-state index contributed by atoms with van der Waals surface area (Å²) in [6.45, 7) is 2.08. The van der Waals surface area contributed by atoms with Gasteiger partial charge >= 0.3 is 15.6 Å². The van der Waals surface area contributed by atoms with E-state index < -0.39 is 15.6 Å². The van der Waals surface area contributed by atoms with E-state index >= 15 is 0 Å². The molecule has 0 bridgehead atoms. The van der Waals surface area contributed by atoms with Gasteiger partial charge in [-0.05, 0) is 19.1 Å². The predicted molar refractivity (Wildman–Crippen MR) is 73.2 cm³/mol. The molecule has 0 radical (unpaired) electrons. The molecule has 0 amide bonds. The van der Waals surface area contributed by atoms with E-state index in [1.54, 1.807) is 0 Å². The van der Waals surface area contributed by atoms with Crippen LogP contribution in [0, 0.1) is 6.92 Å². The summed E-state index contributed by atoms with van der Waals surface area (Å²) in [6, 6.07) is 16.7. The Morgan fingerprint density at radius 2 is 1.29 bits per heavy atom. The number of alkyl halides is 3. The van der Waals surface area contributed by atoms with Crippen LogP contribution in [0.1, 0.15) is 5.56 Å². The molecule has 0 spiro atoms. The maximum Gasteiger partial charge on any atom is 0.534 e. The molecular weight excluding hydrogens is 305 g/mol. The van der Waals surface area contributed by atoms with Crippen LogP contribution in [0.15, 0.2) is 60.7 Å². The highest BCUT2D eigenvalue weighted by Crippen LogP contribution is 2.26. The van der Waals surface area contributed by atoms with Crippen LogP contribution in [0.3, 0.4) is 0 Å². The van der Waals surface area contributed by atoms with Crippen molar-refractivity contribution in [1.29, 1.82) is 0 Å². The molecule has 0 atom stereocenters. The normalized spacial score (nSPS) is 11.2. The molecular formula is C14H13F3O3S. The number of hydrogen-bond acceptors (Lipinski definition) is 3. The number of rotatable bonds is 2. The molecule has 7 heteroatoms. The van der Waals surface area contributed by atoms with Crippen molar-refractivity contribution in [3.05, 3.63) is 66.2 Å². The summed E-state index contributed by atoms with van der Waals surface area (Å²) in [7, 11) is -5.55. The van der Waals surface area contributed by atoms with Crippen molar-refractivity contribution in [2.75, 3.05) is 0 Å². The van der Waals surface area contributed by atoms with Gasteiger partial charge < -0.3 is 4.18 Å². The Morgan fingerprint density at radius 3 is 1.62 bits per heavy atom. The fraction of sp³-hybridized carbons (Fsp3) is 0.143. The Hall–Kier alpha value is -2.02. The van der Waals surface area contributed by atoms with E-state index in [1.165, 1.54) is 23.8 Å². The highest BCUT2D eigenvalue weighted by Gasteiger charge is 2.48. The number of halogens is 3. The van der Waals surface area contributed by atoms with E-state index in [4.69, 9.17) is 0 Å². The standard InChI is InChI=1S/C7H5F3O3S.C7H8/c8-7(9,10)14(11,12)13-6-4-2-1-3-5-6;1-7-5-3-2-4-6-7/h1-5H;2-6H,1H3. The van der Waals surface area contributed by atoms with Crippen molar-refractivity contribution in [3.8, 4) is 5.75 Å². The molecule has 0 N–H and O–H groups in total. The van der Waals surface area contributed by atoms with Gasteiger partial charge in [0.1, 0.15) is 5.75 Å². The van der Waals surface area contributed by atoms with Crippen molar-refractivity contribution in [1.82, 2.24) is 0 Å². The van der Waals surface area contributed by atoms with Crippen molar-refractivity contribution in [3.63, 3.8) is 0 Å². The summed E-state index contributed by atoms with van der Waals surface area (Å²) >= 11 is 0. The van der Waals surface area contributed by atoms with Gasteiger partial charge in [0, 0.05) is 0 Å². The highest BCUT2D eigenvalue weighted by atomic mass is 32.2. The second kappa shape index (κ2) is 7.12. The third-order valence-corrected chi connectivity index (χ3v) is 3.15. The smallest absolute Gasteiger partial charge is 0.376 e. The number of benzene rings is 2. The van der Waals surface area contributed by atoms with Crippen LogP contribution in [0.25, 0.3) is 0 Å². The SMILES string of the molecule is Cc1ccccc1.O=S(=O)(Oc1ccccc1)C(F)(F)F. The van der Waals surface area contributed by atoms with Gasteiger partial charge in [-0.25, -0.2) is 0 Å². The first kappa shape index (κ1) is 17.0. The van der Waals surface area contributed by atoms with Gasteiger partial charge in [-0.1, -0.05) is 54.1 Å². The molecule has 2 aromatic carbocycles. The average molecular weight is 318 g/mol. The molecule has 0 aromatic heterocycles. The largest absolute Gasteiger partial charge is 0.534 e. The Kier molecular flexibility index (Phi) is 5.78. The lowest BCUT2D eigenvalue weighted by Crippen LogP contribution is -2.27. The van der Waals surface area contributed by atoms with Gasteiger partial charge in [0.25, 0.3) is 0 Å². The van der Waals surface area contributed by atoms with Crippen LogP contribution >= 0.6 is 0 Å². The lowest BCUT2D eigenvalue weighted by Gasteiger charge is -2.08. The Labute approximate surface area is 121 Å². The van der Waals surface area contributed by atoms with Gasteiger partial charge in [-0.15, -0.1) is 0 Å². The molecule has 0 aliphatic heterocycles. The lowest BCUT2D eigenvalue weighted by molar-refractivity contribution is -0.0500. The maximum atomic E-state index is 11.8. The van der Waals surface area contributed by atoms with E-state index in [-0.39, 0.29) is 5.75 Å². The Morgan fingerprint density at radius 1 is 0.857 bits per heavy atom. The van der Waals surface area contributed by atoms with Crippen molar-refractivity contribution in [2.45, 2.75) is 12.4 Å². The van der Waals surface area contributed by atoms with Crippen LogP contribution in [-0.4, -0.2) is 13.9 Å². The van der Waals surface area contributed by atoms with Gasteiger partial charge in [0.2, 0.25) is 0 Å². The van der Waals surface area contributed by atoms with E-state index in [2.05, 4.69) is 23.2 Å². The number of para-hydroxylation sites is 1. The molecule has 0 heterocycles. The zero-order valence-corrected chi connectivity index (χ0v) is 11.9. The summed E-state index contributed by atoms with van der Waals surface area (Å²) in [4.78, 5) is 0. The monoisotopic (exact) mass is 318 g/mol. The Bertz CT molecular complexity index is 638. The van der Waals surface area contributed by atoms with Crippen LogP contribution in [-0.2, 0) is 10.1 Å². The molecule has 0 fully saturated rings. The third kappa shape index (κ3) is 5.86. The Balaban J connectivity index is 0.000000262. The molecule has 114 valence electrons. The predicted octanol–water partition coefficient (Wildman–Crippen LogP) is 3.91. The average Bonchev–Trinajstić information content (AvgIpc) is 2.39. The molecule has 0 aliphatic rings. The van der Waals surface area contributed by atoms with Crippen molar-refractivity contribution in [2.24, 2.45) is 0 Å². The van der Waals surface area contributed by atoms with E-state index in [0.29, 0.717) is 0 Å². The fourth-order valence-corrected chi connectivity index (χ4v) is 1.64. The molecule has 0 saturated heterocycles. The molecule has 0 aliphatic carbocycles. The van der Waals surface area contributed by atoms with Crippen LogP contribution in [0.5, 0.6) is 5.75 Å². The molecule has 2 aromatic rings. The highest BCUT2D eigenvalue weighted by molar-refractivity contribution is 7.87. The molecule has 21 heavy (non-hydrogen) atoms. The third-order valence-electron chi connectivity index (χ3n) is 2.17. The summed E-state index contributed by atoms with van der Waals surface area (Å²) in [6.07, 6.45) is 0. The number of hydrogen-bond donors (Lipinski definition) is 0. The van der Waals surface area contributed by atoms with Crippen molar-refractivity contribution < 1.29 is 25.8 Å². The topological polar surface area (TPSA) is 43.4 Å². The summed E-state index contributed by atoms with van der Waals surface area (Å²) < 4.78 is 60.2. The maximum absolute atomic E-state index is 11.8. The first-order valence-corrected chi connectivity index (χ1v) is 7.20. The second-order valence-corrected chi connectivity index (χ2v) is 5.49. The second-order valence-electron chi connectivity index (χ2n) is 3.95. The first-order chi connectivity index (χ1) is 9.72. The van der Waals surface area contributed by atoms with Gasteiger partial charge in [0.05, 0.1) is 0 Å². The van der Waals surface area contributed by atoms with E-state index in [1.807, 2.05) is 18.2 Å². The van der Waals surface area contributed by atoms with E-state index in [9.17, 15) is 21.6 Å². The molecule has 2 rings (SSSR count). The zero-order chi connectivity index (χ0) is 15.9. The number of aryl methyl sites for hydroxylation is 1.